The predicted molar refractivity (Wildman–Crippen MR) is 94.4 cm³/mol. The Kier molecular flexibility index (Phi) is 10.2. The molecule has 9 heteroatoms. The second-order valence-corrected chi connectivity index (χ2v) is 6.08. The predicted octanol–water partition coefficient (Wildman–Crippen LogP) is 0.263. The normalized spacial score (nSPS) is 13.2. The summed E-state index contributed by atoms with van der Waals surface area (Å²) in [5.74, 6) is -2.25. The van der Waals surface area contributed by atoms with Gasteiger partial charge in [-0.05, 0) is 19.8 Å². The fourth-order valence-corrected chi connectivity index (χ4v) is 2.44. The number of rotatable bonds is 14. The maximum absolute atomic E-state index is 12.2. The van der Waals surface area contributed by atoms with Crippen molar-refractivity contribution >= 4 is 17.7 Å². The van der Waals surface area contributed by atoms with Crippen LogP contribution in [-0.2, 0) is 25.5 Å². The summed E-state index contributed by atoms with van der Waals surface area (Å²) in [4.78, 5) is 41.6. The molecule has 5 N–H and O–H groups in total. The molecule has 0 aliphatic heterocycles. The second-order valence-electron chi connectivity index (χ2n) is 6.08. The summed E-state index contributed by atoms with van der Waals surface area (Å²) in [7, 11) is 0. The molecule has 0 unspecified atom stereocenters. The largest absolute Gasteiger partial charge is 0.481 e. The zero-order valence-electron chi connectivity index (χ0n) is 15.1. The number of nitrogens with two attached hydrogens (primary N) is 1. The van der Waals surface area contributed by atoms with Gasteiger partial charge in [0.05, 0.1) is 18.3 Å². The Hall–Kier alpha value is -2.26. The van der Waals surface area contributed by atoms with E-state index in [0.717, 1.165) is 5.69 Å². The molecule has 0 aliphatic rings. The number of ketones is 1. The number of hydrogen-bond acceptors (Lipinski definition) is 6. The molecular weight excluding hydrogens is 340 g/mol. The lowest BCUT2D eigenvalue weighted by Gasteiger charge is -2.15. The van der Waals surface area contributed by atoms with Crippen LogP contribution in [0.25, 0.3) is 0 Å². The van der Waals surface area contributed by atoms with Gasteiger partial charge in [0.1, 0.15) is 6.61 Å². The molecule has 1 aromatic rings. The van der Waals surface area contributed by atoms with E-state index in [2.05, 4.69) is 15.3 Å². The van der Waals surface area contributed by atoms with Gasteiger partial charge in [-0.3, -0.25) is 14.4 Å². The third-order valence-electron chi connectivity index (χ3n) is 3.94. The van der Waals surface area contributed by atoms with Crippen LogP contribution in [0.5, 0.6) is 0 Å². The highest BCUT2D eigenvalue weighted by molar-refractivity contribution is 5.87. The first kappa shape index (κ1) is 21.8. The van der Waals surface area contributed by atoms with E-state index in [0.29, 0.717) is 38.8 Å². The van der Waals surface area contributed by atoms with Crippen molar-refractivity contribution in [2.45, 2.75) is 45.1 Å². The van der Waals surface area contributed by atoms with Gasteiger partial charge < -0.3 is 25.9 Å². The van der Waals surface area contributed by atoms with E-state index in [4.69, 9.17) is 10.5 Å². The summed E-state index contributed by atoms with van der Waals surface area (Å²) < 4.78 is 4.98. The topological polar surface area (TPSA) is 147 Å². The van der Waals surface area contributed by atoms with E-state index in [9.17, 15) is 19.5 Å². The number of aromatic amines is 1. The van der Waals surface area contributed by atoms with Crippen LogP contribution < -0.4 is 11.1 Å². The van der Waals surface area contributed by atoms with Crippen LogP contribution in [0.2, 0.25) is 0 Å². The Labute approximate surface area is 152 Å². The number of carboxylic acids is 1. The Morgan fingerprint density at radius 3 is 2.77 bits per heavy atom. The Morgan fingerprint density at radius 1 is 1.38 bits per heavy atom. The summed E-state index contributed by atoms with van der Waals surface area (Å²) in [5.41, 5.74) is 6.59. The standard InChI is InChI=1S/C17H28N4O5/c1-2-26-10-16(23)20-6-4-3-5-12(17(24)25)7-15(22)14(18)8-13-9-19-11-21-13/h9,11-12,14H,2-8,10,18H2,1H3,(H,19,21)(H,20,23)(H,24,25)/t12-,14+/m1/s1. The van der Waals surface area contributed by atoms with Crippen LogP contribution in [0.3, 0.4) is 0 Å². The summed E-state index contributed by atoms with van der Waals surface area (Å²) >= 11 is 0. The fraction of sp³-hybridized carbons (Fsp3) is 0.647. The number of aliphatic carboxylic acids is 1. The minimum Gasteiger partial charge on any atom is -0.481 e. The number of imidazole rings is 1. The maximum Gasteiger partial charge on any atom is 0.306 e. The van der Waals surface area contributed by atoms with E-state index in [1.165, 1.54) is 6.33 Å². The average Bonchev–Trinajstić information content (AvgIpc) is 3.11. The number of carbonyl (C=O) groups excluding carboxylic acids is 2. The Morgan fingerprint density at radius 2 is 2.15 bits per heavy atom. The van der Waals surface area contributed by atoms with E-state index >= 15 is 0 Å². The van der Waals surface area contributed by atoms with Crippen molar-refractivity contribution in [3.8, 4) is 0 Å². The second kappa shape index (κ2) is 12.2. The molecule has 1 heterocycles. The van der Waals surface area contributed by atoms with Crippen molar-refractivity contribution in [2.75, 3.05) is 19.8 Å². The SMILES string of the molecule is CCOCC(=O)NCCCC[C@H](CC(=O)[C@@H](N)Cc1cnc[nH]1)C(=O)O. The van der Waals surface area contributed by atoms with Crippen molar-refractivity contribution in [2.24, 2.45) is 11.7 Å². The lowest BCUT2D eigenvalue weighted by atomic mass is 9.92. The summed E-state index contributed by atoms with van der Waals surface area (Å²) in [6.45, 7) is 2.76. The van der Waals surface area contributed by atoms with Gasteiger partial charge in [0.25, 0.3) is 0 Å². The number of H-pyrrole nitrogens is 1. The van der Waals surface area contributed by atoms with Crippen molar-refractivity contribution < 1.29 is 24.2 Å². The van der Waals surface area contributed by atoms with E-state index < -0.39 is 17.9 Å². The Balaban J connectivity index is 2.29. The molecule has 1 amide bonds. The number of hydrogen-bond donors (Lipinski definition) is 4. The quantitative estimate of drug-likeness (QED) is 0.344. The number of unbranched alkanes of at least 4 members (excludes halogenated alkanes) is 1. The molecule has 1 aromatic heterocycles. The number of nitrogens with zero attached hydrogens (tertiary/aromatic N) is 1. The molecular formula is C17H28N4O5. The number of Topliss-reactive ketones (excluding diaryl/α,β-unsaturated/α-hetero) is 1. The molecule has 0 radical (unpaired) electrons. The molecule has 0 spiro atoms. The molecule has 0 aromatic carbocycles. The van der Waals surface area contributed by atoms with Crippen molar-refractivity contribution in [1.82, 2.24) is 15.3 Å². The highest BCUT2D eigenvalue weighted by Crippen LogP contribution is 2.15. The highest BCUT2D eigenvalue weighted by atomic mass is 16.5. The minimum absolute atomic E-state index is 0.0248. The van der Waals surface area contributed by atoms with Crippen LogP contribution in [0.1, 0.15) is 38.3 Å². The third kappa shape index (κ3) is 8.72. The molecule has 0 saturated heterocycles. The monoisotopic (exact) mass is 368 g/mol. The summed E-state index contributed by atoms with van der Waals surface area (Å²) in [6, 6.07) is -0.754. The zero-order valence-corrected chi connectivity index (χ0v) is 15.1. The molecule has 26 heavy (non-hydrogen) atoms. The van der Waals surface area contributed by atoms with Crippen molar-refractivity contribution in [3.05, 3.63) is 18.2 Å². The van der Waals surface area contributed by atoms with E-state index in [-0.39, 0.29) is 24.7 Å². The fourth-order valence-electron chi connectivity index (χ4n) is 2.44. The smallest absolute Gasteiger partial charge is 0.306 e. The molecule has 2 atom stereocenters. The van der Waals surface area contributed by atoms with E-state index in [1.54, 1.807) is 6.20 Å². The molecule has 1 rings (SSSR count). The van der Waals surface area contributed by atoms with Crippen LogP contribution in [0, 0.1) is 5.92 Å². The number of aromatic nitrogens is 2. The van der Waals surface area contributed by atoms with Crippen LogP contribution in [0.15, 0.2) is 12.5 Å². The van der Waals surface area contributed by atoms with Crippen molar-refractivity contribution in [1.29, 1.82) is 0 Å². The molecule has 0 fully saturated rings. The van der Waals surface area contributed by atoms with Gasteiger partial charge in [-0.15, -0.1) is 0 Å². The lowest BCUT2D eigenvalue weighted by Crippen LogP contribution is -2.35. The number of carboxylic acid groups (broad SMARTS) is 1. The molecule has 9 nitrogen and oxygen atoms in total. The first-order chi connectivity index (χ1) is 12.4. The number of ether oxygens (including phenoxy) is 1. The summed E-state index contributed by atoms with van der Waals surface area (Å²) in [5, 5.41) is 12.0. The first-order valence-electron chi connectivity index (χ1n) is 8.76. The molecule has 146 valence electrons. The first-order valence-corrected chi connectivity index (χ1v) is 8.76. The zero-order chi connectivity index (χ0) is 19.4. The van der Waals surface area contributed by atoms with Crippen LogP contribution in [-0.4, -0.2) is 58.5 Å². The molecule has 0 aliphatic carbocycles. The highest BCUT2D eigenvalue weighted by Gasteiger charge is 2.24. The van der Waals surface area contributed by atoms with Crippen LogP contribution in [0.4, 0.5) is 0 Å². The molecule has 0 bridgehead atoms. The van der Waals surface area contributed by atoms with Gasteiger partial charge in [-0.2, -0.15) is 0 Å². The van der Waals surface area contributed by atoms with Gasteiger partial charge in [0.15, 0.2) is 5.78 Å². The maximum atomic E-state index is 12.2. The summed E-state index contributed by atoms with van der Waals surface area (Å²) in [6.07, 6.45) is 4.88. The van der Waals surface area contributed by atoms with Gasteiger partial charge >= 0.3 is 5.97 Å². The van der Waals surface area contributed by atoms with E-state index in [1.807, 2.05) is 6.92 Å². The Bertz CT molecular complexity index is 562. The average molecular weight is 368 g/mol. The minimum atomic E-state index is -1.01. The van der Waals surface area contributed by atoms with Crippen LogP contribution >= 0.6 is 0 Å². The number of nitrogens with one attached hydrogen (secondary N) is 2. The van der Waals surface area contributed by atoms with Gasteiger partial charge in [0.2, 0.25) is 5.91 Å². The van der Waals surface area contributed by atoms with Crippen molar-refractivity contribution in [3.63, 3.8) is 0 Å². The van der Waals surface area contributed by atoms with Gasteiger partial charge in [-0.1, -0.05) is 6.42 Å². The lowest BCUT2D eigenvalue weighted by molar-refractivity contribution is -0.144. The van der Waals surface area contributed by atoms with Gasteiger partial charge in [-0.25, -0.2) is 4.98 Å². The molecule has 0 saturated carbocycles. The number of carbonyl (C=O) groups is 3. The third-order valence-corrected chi connectivity index (χ3v) is 3.94. The number of amides is 1. The van der Waals surface area contributed by atoms with Gasteiger partial charge in [0, 0.05) is 37.9 Å².